The summed E-state index contributed by atoms with van der Waals surface area (Å²) in [5, 5.41) is 11.1. The number of carbonyl (C=O) groups excluding carboxylic acids is 1. The zero-order chi connectivity index (χ0) is 16.8. The van der Waals surface area contributed by atoms with E-state index in [-0.39, 0.29) is 42.5 Å². The van der Waals surface area contributed by atoms with Gasteiger partial charge in [0, 0.05) is 27.2 Å². The first-order valence-electron chi connectivity index (χ1n) is 8.17. The maximum Gasteiger partial charge on any atom is 0.243 e. The van der Waals surface area contributed by atoms with Gasteiger partial charge in [-0.2, -0.15) is 5.10 Å². The Kier molecular flexibility index (Phi) is 8.43. The highest BCUT2D eigenvalue weighted by molar-refractivity contribution is 14.0. The summed E-state index contributed by atoms with van der Waals surface area (Å²) in [4.78, 5) is 22.2. The number of nitrogens with one attached hydrogen (secondary N) is 2. The monoisotopic (exact) mass is 449 g/mol. The summed E-state index contributed by atoms with van der Waals surface area (Å²) in [6, 6.07) is 0.0718. The summed E-state index contributed by atoms with van der Waals surface area (Å²) in [6.07, 6.45) is 3.01. The highest BCUT2D eigenvalue weighted by Crippen LogP contribution is 2.22. The standard InChI is InChI=1S/C15H27N7O.HI/c1-5-8-16-15(17-10-13(23)21(3)4)19-12-7-6-9-22-14(12)18-11(2)20-22;/h12H,5-10H2,1-4H3,(H2,16,17,19);1H. The van der Waals surface area contributed by atoms with Gasteiger partial charge in [-0.25, -0.2) is 14.7 Å². The van der Waals surface area contributed by atoms with E-state index < -0.39 is 0 Å². The minimum atomic E-state index is -0.0229. The van der Waals surface area contributed by atoms with E-state index in [1.54, 1.807) is 19.0 Å². The average Bonchev–Trinajstić information content (AvgIpc) is 2.90. The number of aryl methyl sites for hydroxylation is 2. The Labute approximate surface area is 160 Å². The van der Waals surface area contributed by atoms with Crippen LogP contribution in [0.2, 0.25) is 0 Å². The second-order valence-corrected chi connectivity index (χ2v) is 5.96. The van der Waals surface area contributed by atoms with Crippen molar-refractivity contribution < 1.29 is 4.79 Å². The van der Waals surface area contributed by atoms with Gasteiger partial charge in [0.05, 0.1) is 6.04 Å². The largest absolute Gasteiger partial charge is 0.356 e. The molecule has 8 nitrogen and oxygen atoms in total. The van der Waals surface area contributed by atoms with E-state index in [0.29, 0.717) is 5.96 Å². The molecule has 0 aliphatic carbocycles. The van der Waals surface area contributed by atoms with Gasteiger partial charge in [-0.3, -0.25) is 4.79 Å². The van der Waals surface area contributed by atoms with Crippen LogP contribution in [0.15, 0.2) is 4.99 Å². The third-order valence-corrected chi connectivity index (χ3v) is 3.71. The Bertz CT molecular complexity index is 570. The van der Waals surface area contributed by atoms with Gasteiger partial charge >= 0.3 is 0 Å². The van der Waals surface area contributed by atoms with Crippen molar-refractivity contribution in [2.75, 3.05) is 27.2 Å². The molecule has 136 valence electrons. The van der Waals surface area contributed by atoms with Crippen LogP contribution < -0.4 is 10.6 Å². The molecule has 0 radical (unpaired) electrons. The van der Waals surface area contributed by atoms with Crippen molar-refractivity contribution in [1.29, 1.82) is 0 Å². The highest BCUT2D eigenvalue weighted by Gasteiger charge is 2.24. The van der Waals surface area contributed by atoms with Gasteiger partial charge in [-0.1, -0.05) is 6.92 Å². The Balaban J connectivity index is 0.00000288. The molecule has 1 aromatic heterocycles. The van der Waals surface area contributed by atoms with E-state index in [1.165, 1.54) is 0 Å². The molecule has 2 rings (SSSR count). The molecule has 1 aliphatic rings. The number of aromatic nitrogens is 3. The Morgan fingerprint density at radius 1 is 1.46 bits per heavy atom. The van der Waals surface area contributed by atoms with Crippen molar-refractivity contribution in [3.05, 3.63) is 11.6 Å². The normalized spacial score (nSPS) is 16.8. The predicted molar refractivity (Wildman–Crippen MR) is 105 cm³/mol. The quantitative estimate of drug-likeness (QED) is 0.399. The first-order valence-corrected chi connectivity index (χ1v) is 8.17. The lowest BCUT2D eigenvalue weighted by Gasteiger charge is -2.25. The minimum Gasteiger partial charge on any atom is -0.356 e. The van der Waals surface area contributed by atoms with Crippen LogP contribution in [0.25, 0.3) is 0 Å². The van der Waals surface area contributed by atoms with Crippen LogP contribution in [0.3, 0.4) is 0 Å². The molecule has 1 aliphatic heterocycles. The molecule has 1 unspecified atom stereocenters. The molecule has 2 N–H and O–H groups in total. The van der Waals surface area contributed by atoms with Crippen LogP contribution in [0.5, 0.6) is 0 Å². The Morgan fingerprint density at radius 3 is 2.88 bits per heavy atom. The summed E-state index contributed by atoms with van der Waals surface area (Å²) in [6.45, 7) is 5.84. The average molecular weight is 449 g/mol. The number of carbonyl (C=O) groups is 1. The molecule has 24 heavy (non-hydrogen) atoms. The lowest BCUT2D eigenvalue weighted by molar-refractivity contribution is -0.127. The maximum absolute atomic E-state index is 11.8. The van der Waals surface area contributed by atoms with E-state index in [2.05, 4.69) is 32.6 Å². The second kappa shape index (κ2) is 9.80. The van der Waals surface area contributed by atoms with E-state index in [0.717, 1.165) is 44.0 Å². The van der Waals surface area contributed by atoms with Gasteiger partial charge in [0.1, 0.15) is 18.2 Å². The van der Waals surface area contributed by atoms with Crippen LogP contribution in [-0.2, 0) is 11.3 Å². The summed E-state index contributed by atoms with van der Waals surface area (Å²) >= 11 is 0. The number of fused-ring (bicyclic) bond motifs is 1. The van der Waals surface area contributed by atoms with Crippen molar-refractivity contribution in [1.82, 2.24) is 30.3 Å². The van der Waals surface area contributed by atoms with Crippen LogP contribution in [0.4, 0.5) is 0 Å². The summed E-state index contributed by atoms with van der Waals surface area (Å²) in [5.74, 6) is 2.36. The van der Waals surface area contributed by atoms with Crippen LogP contribution in [-0.4, -0.2) is 58.7 Å². The molecule has 1 aromatic rings. The van der Waals surface area contributed by atoms with E-state index in [4.69, 9.17) is 0 Å². The van der Waals surface area contributed by atoms with Crippen molar-refractivity contribution in [3.63, 3.8) is 0 Å². The topological polar surface area (TPSA) is 87.4 Å². The number of rotatable bonds is 5. The number of nitrogens with zero attached hydrogens (tertiary/aromatic N) is 5. The lowest BCUT2D eigenvalue weighted by Crippen LogP contribution is -2.42. The SMILES string of the molecule is CCCNC(=NCC(=O)N(C)C)NC1CCCn2nc(C)nc21.I. The summed E-state index contributed by atoms with van der Waals surface area (Å²) in [5.41, 5.74) is 0. The van der Waals surface area contributed by atoms with Crippen LogP contribution in [0.1, 0.15) is 43.9 Å². The van der Waals surface area contributed by atoms with Crippen molar-refractivity contribution in [3.8, 4) is 0 Å². The van der Waals surface area contributed by atoms with Gasteiger partial charge in [0.15, 0.2) is 5.96 Å². The van der Waals surface area contributed by atoms with Crippen LogP contribution in [0, 0.1) is 6.92 Å². The zero-order valence-corrected chi connectivity index (χ0v) is 17.2. The number of halogens is 1. The molecule has 1 amide bonds. The van der Waals surface area contributed by atoms with E-state index in [9.17, 15) is 4.79 Å². The number of guanidine groups is 1. The second-order valence-electron chi connectivity index (χ2n) is 5.96. The van der Waals surface area contributed by atoms with Crippen molar-refractivity contribution >= 4 is 35.8 Å². The van der Waals surface area contributed by atoms with Gasteiger partial charge in [-0.05, 0) is 26.2 Å². The number of aliphatic imine (C=N–C) groups is 1. The van der Waals surface area contributed by atoms with Crippen molar-refractivity contribution in [2.24, 2.45) is 4.99 Å². The molecule has 0 spiro atoms. The third-order valence-electron chi connectivity index (χ3n) is 3.71. The fourth-order valence-electron chi connectivity index (χ4n) is 2.45. The molecule has 9 heteroatoms. The van der Waals surface area contributed by atoms with Gasteiger partial charge in [0.2, 0.25) is 5.91 Å². The fraction of sp³-hybridized carbons (Fsp3) is 0.733. The highest BCUT2D eigenvalue weighted by atomic mass is 127. The first kappa shape index (κ1) is 20.7. The molecule has 0 saturated carbocycles. The van der Waals surface area contributed by atoms with E-state index in [1.807, 2.05) is 11.6 Å². The molecule has 0 saturated heterocycles. The van der Waals surface area contributed by atoms with Gasteiger partial charge in [-0.15, -0.1) is 24.0 Å². The molecule has 0 fully saturated rings. The molecule has 0 aromatic carbocycles. The fourth-order valence-corrected chi connectivity index (χ4v) is 2.45. The number of hydrogen-bond donors (Lipinski definition) is 2. The molecule has 2 heterocycles. The smallest absolute Gasteiger partial charge is 0.243 e. The summed E-state index contributed by atoms with van der Waals surface area (Å²) < 4.78 is 1.96. The summed E-state index contributed by atoms with van der Waals surface area (Å²) in [7, 11) is 3.47. The van der Waals surface area contributed by atoms with E-state index >= 15 is 0 Å². The van der Waals surface area contributed by atoms with Crippen LogP contribution >= 0.6 is 24.0 Å². The first-order chi connectivity index (χ1) is 11.0. The third kappa shape index (κ3) is 5.60. The van der Waals surface area contributed by atoms with Gasteiger partial charge < -0.3 is 15.5 Å². The number of amides is 1. The Morgan fingerprint density at radius 2 is 2.21 bits per heavy atom. The van der Waals surface area contributed by atoms with Gasteiger partial charge in [0.25, 0.3) is 0 Å². The molecule has 1 atom stereocenters. The zero-order valence-electron chi connectivity index (χ0n) is 14.9. The number of likely N-dealkylation sites (N-methyl/N-ethyl adjacent to an activating group) is 1. The minimum absolute atomic E-state index is 0. The van der Waals surface area contributed by atoms with Crippen molar-refractivity contribution in [2.45, 2.75) is 45.7 Å². The predicted octanol–water partition coefficient (Wildman–Crippen LogP) is 1.07. The molecular weight excluding hydrogens is 421 g/mol. The Hall–Kier alpha value is -1.39. The molecular formula is C15H28IN7O. The molecule has 0 bridgehead atoms. The number of hydrogen-bond acceptors (Lipinski definition) is 4. The lowest BCUT2D eigenvalue weighted by atomic mass is 10.1. The maximum atomic E-state index is 11.8.